The van der Waals surface area contributed by atoms with Crippen molar-refractivity contribution in [3.63, 3.8) is 0 Å². The van der Waals surface area contributed by atoms with E-state index in [9.17, 15) is 4.79 Å². The zero-order chi connectivity index (χ0) is 27.4. The van der Waals surface area contributed by atoms with Gasteiger partial charge in [-0.15, -0.1) is 0 Å². The molecule has 0 unspecified atom stereocenters. The van der Waals surface area contributed by atoms with Gasteiger partial charge in [0.2, 0.25) is 0 Å². The Balaban J connectivity index is 1.16. The molecule has 0 saturated heterocycles. The standard InChI is InChI=1S/C36H32NO3/c38-36(25-29-19-21-34(22-20-29)40-33-16-8-3-9-17-33)32-15-10-18-35(26-32)39-24-23-37(27-30-11-4-1-5-12-30)28-31-13-6-2-7-14-31/h1-22,25-26H,23-24,27-28H2. The van der Waals surface area contributed by atoms with Crippen LogP contribution in [0.5, 0.6) is 17.2 Å². The Bertz CT molecular complexity index is 1430. The summed E-state index contributed by atoms with van der Waals surface area (Å²) in [5.41, 5.74) is 3.93. The Hall–Kier alpha value is -4.67. The van der Waals surface area contributed by atoms with Crippen molar-refractivity contribution in [2.45, 2.75) is 13.1 Å². The van der Waals surface area contributed by atoms with Crippen molar-refractivity contribution in [2.75, 3.05) is 13.2 Å². The first-order valence-corrected chi connectivity index (χ1v) is 13.5. The molecule has 5 aromatic carbocycles. The van der Waals surface area contributed by atoms with E-state index in [1.54, 1.807) is 6.42 Å². The van der Waals surface area contributed by atoms with Gasteiger partial charge in [-0.05, 0) is 53.1 Å². The minimum Gasteiger partial charge on any atom is -0.492 e. The van der Waals surface area contributed by atoms with Gasteiger partial charge in [0.15, 0.2) is 5.78 Å². The van der Waals surface area contributed by atoms with Crippen molar-refractivity contribution >= 4 is 5.78 Å². The third-order valence-corrected chi connectivity index (χ3v) is 6.45. The molecular weight excluding hydrogens is 494 g/mol. The van der Waals surface area contributed by atoms with Gasteiger partial charge in [0, 0.05) is 25.2 Å². The molecule has 5 aromatic rings. The normalized spacial score (nSPS) is 10.8. The van der Waals surface area contributed by atoms with Gasteiger partial charge in [-0.1, -0.05) is 103 Å². The molecule has 0 aliphatic heterocycles. The van der Waals surface area contributed by atoms with Crippen LogP contribution < -0.4 is 9.47 Å². The van der Waals surface area contributed by atoms with E-state index in [1.807, 2.05) is 91.0 Å². The maximum absolute atomic E-state index is 13.0. The molecule has 4 nitrogen and oxygen atoms in total. The van der Waals surface area contributed by atoms with Crippen molar-refractivity contribution in [3.05, 3.63) is 168 Å². The minimum absolute atomic E-state index is 0.0723. The van der Waals surface area contributed by atoms with Crippen molar-refractivity contribution in [3.8, 4) is 17.2 Å². The number of rotatable bonds is 13. The maximum Gasteiger partial charge on any atom is 0.171 e. The highest BCUT2D eigenvalue weighted by Crippen LogP contribution is 2.23. The van der Waals surface area contributed by atoms with E-state index in [-0.39, 0.29) is 5.78 Å². The summed E-state index contributed by atoms with van der Waals surface area (Å²) in [5.74, 6) is 2.11. The largest absolute Gasteiger partial charge is 0.492 e. The first kappa shape index (κ1) is 26.9. The van der Waals surface area contributed by atoms with E-state index >= 15 is 0 Å². The number of hydrogen-bond donors (Lipinski definition) is 0. The van der Waals surface area contributed by atoms with Crippen molar-refractivity contribution in [2.24, 2.45) is 0 Å². The fraction of sp³-hybridized carbons (Fsp3) is 0.111. The summed E-state index contributed by atoms with van der Waals surface area (Å²) >= 11 is 0. The molecule has 0 atom stereocenters. The first-order chi connectivity index (χ1) is 19.7. The van der Waals surface area contributed by atoms with Crippen LogP contribution in [0.3, 0.4) is 0 Å². The van der Waals surface area contributed by atoms with Gasteiger partial charge < -0.3 is 9.47 Å². The molecule has 0 aliphatic carbocycles. The van der Waals surface area contributed by atoms with E-state index in [0.29, 0.717) is 17.9 Å². The second kappa shape index (κ2) is 13.9. The monoisotopic (exact) mass is 526 g/mol. The second-order valence-corrected chi connectivity index (χ2v) is 9.55. The van der Waals surface area contributed by atoms with Crippen molar-refractivity contribution in [1.82, 2.24) is 4.90 Å². The highest BCUT2D eigenvalue weighted by atomic mass is 16.5. The molecule has 1 radical (unpaired) electrons. The number of ether oxygens (including phenoxy) is 2. The van der Waals surface area contributed by atoms with Gasteiger partial charge in [-0.25, -0.2) is 0 Å². The second-order valence-electron chi connectivity index (χ2n) is 9.55. The van der Waals surface area contributed by atoms with Crippen LogP contribution in [0.2, 0.25) is 0 Å². The van der Waals surface area contributed by atoms with Crippen molar-refractivity contribution < 1.29 is 14.3 Å². The van der Waals surface area contributed by atoms with E-state index in [2.05, 4.69) is 53.4 Å². The molecule has 0 N–H and O–H groups in total. The lowest BCUT2D eigenvalue weighted by Crippen LogP contribution is -2.27. The van der Waals surface area contributed by atoms with Crippen LogP contribution in [-0.4, -0.2) is 23.8 Å². The van der Waals surface area contributed by atoms with Crippen LogP contribution in [0.4, 0.5) is 0 Å². The quantitative estimate of drug-likeness (QED) is 0.146. The Kier molecular flexibility index (Phi) is 9.37. The highest BCUT2D eigenvalue weighted by molar-refractivity contribution is 6.04. The number of hydrogen-bond acceptors (Lipinski definition) is 4. The summed E-state index contributed by atoms with van der Waals surface area (Å²) in [6.07, 6.45) is 1.63. The number of Topliss-reactive ketones (excluding diaryl/α,β-unsaturated/α-hetero) is 1. The highest BCUT2D eigenvalue weighted by Gasteiger charge is 2.11. The fourth-order valence-electron chi connectivity index (χ4n) is 4.42. The molecule has 0 heterocycles. The third kappa shape index (κ3) is 8.16. The van der Waals surface area contributed by atoms with E-state index < -0.39 is 0 Å². The van der Waals surface area contributed by atoms with Gasteiger partial charge in [0.05, 0.1) is 6.42 Å². The fourth-order valence-corrected chi connectivity index (χ4v) is 4.42. The number of carbonyl (C=O) groups excluding carboxylic acids is 1. The van der Waals surface area contributed by atoms with Crippen LogP contribution in [0, 0.1) is 6.42 Å². The third-order valence-electron chi connectivity index (χ3n) is 6.45. The predicted octanol–water partition coefficient (Wildman–Crippen LogP) is 8.00. The first-order valence-electron chi connectivity index (χ1n) is 13.5. The molecule has 5 rings (SSSR count). The summed E-state index contributed by atoms with van der Waals surface area (Å²) in [6, 6.07) is 45.4. The summed E-state index contributed by atoms with van der Waals surface area (Å²) in [4.78, 5) is 15.4. The number of carbonyl (C=O) groups is 1. The molecule has 4 heteroatoms. The lowest BCUT2D eigenvalue weighted by atomic mass is 10.0. The number of para-hydroxylation sites is 1. The molecule has 0 saturated carbocycles. The Morgan fingerprint density at radius 1 is 0.600 bits per heavy atom. The molecule has 40 heavy (non-hydrogen) atoms. The SMILES string of the molecule is O=C([CH]c1ccc(Oc2ccccc2)cc1)c1cccc(OCCN(Cc2ccccc2)Cc2ccccc2)c1. The summed E-state index contributed by atoms with van der Waals surface area (Å²) in [6.45, 7) is 2.94. The van der Waals surface area contributed by atoms with Crippen LogP contribution in [-0.2, 0) is 13.1 Å². The summed E-state index contributed by atoms with van der Waals surface area (Å²) < 4.78 is 11.9. The molecule has 0 bridgehead atoms. The van der Waals surface area contributed by atoms with Crippen LogP contribution in [0.25, 0.3) is 0 Å². The number of benzene rings is 5. The molecule has 0 spiro atoms. The van der Waals surface area contributed by atoms with Crippen LogP contribution in [0.1, 0.15) is 27.0 Å². The van der Waals surface area contributed by atoms with Gasteiger partial charge in [0.1, 0.15) is 23.9 Å². The van der Waals surface area contributed by atoms with Gasteiger partial charge in [0.25, 0.3) is 0 Å². The lowest BCUT2D eigenvalue weighted by molar-refractivity contribution is 0.103. The van der Waals surface area contributed by atoms with E-state index in [0.717, 1.165) is 36.7 Å². The molecular formula is C36H32NO3. The zero-order valence-electron chi connectivity index (χ0n) is 22.4. The average Bonchev–Trinajstić information content (AvgIpc) is 3.00. The predicted molar refractivity (Wildman–Crippen MR) is 160 cm³/mol. The Morgan fingerprint density at radius 2 is 1.15 bits per heavy atom. The number of ketones is 1. The molecule has 199 valence electrons. The molecule has 0 aliphatic rings. The summed E-state index contributed by atoms with van der Waals surface area (Å²) in [5, 5.41) is 0. The smallest absolute Gasteiger partial charge is 0.171 e. The average molecular weight is 527 g/mol. The Labute approximate surface area is 236 Å². The topological polar surface area (TPSA) is 38.8 Å². The lowest BCUT2D eigenvalue weighted by Gasteiger charge is -2.23. The van der Waals surface area contributed by atoms with Crippen LogP contribution >= 0.6 is 0 Å². The zero-order valence-corrected chi connectivity index (χ0v) is 22.4. The van der Waals surface area contributed by atoms with Gasteiger partial charge in [-0.2, -0.15) is 0 Å². The molecule has 0 fully saturated rings. The molecule has 0 amide bonds. The van der Waals surface area contributed by atoms with Gasteiger partial charge in [-0.3, -0.25) is 9.69 Å². The maximum atomic E-state index is 13.0. The minimum atomic E-state index is -0.0723. The van der Waals surface area contributed by atoms with Crippen LogP contribution in [0.15, 0.2) is 140 Å². The van der Waals surface area contributed by atoms with Crippen molar-refractivity contribution in [1.29, 1.82) is 0 Å². The molecule has 0 aromatic heterocycles. The van der Waals surface area contributed by atoms with Gasteiger partial charge >= 0.3 is 0 Å². The van der Waals surface area contributed by atoms with E-state index in [4.69, 9.17) is 9.47 Å². The Morgan fingerprint density at radius 3 is 1.77 bits per heavy atom. The summed E-state index contributed by atoms with van der Waals surface area (Å²) in [7, 11) is 0. The number of nitrogens with zero attached hydrogens (tertiary/aromatic N) is 1. The van der Waals surface area contributed by atoms with E-state index in [1.165, 1.54) is 11.1 Å².